The zero-order chi connectivity index (χ0) is 22.2. The van der Waals surface area contributed by atoms with Crippen LogP contribution in [0.4, 0.5) is 8.63 Å². The summed E-state index contributed by atoms with van der Waals surface area (Å²) in [7, 11) is -2.18. The average molecular weight is 587 g/mol. The van der Waals surface area contributed by atoms with E-state index in [1.165, 1.54) is 6.08 Å². The fourth-order valence-electron chi connectivity index (χ4n) is 1.92. The van der Waals surface area contributed by atoms with Crippen molar-refractivity contribution in [3.05, 3.63) is 93.4 Å². The molecule has 2 atom stereocenters. The number of benzene rings is 2. The molecule has 2 N–H and O–H groups in total. The average Bonchev–Trinajstić information content (AvgIpc) is 2.73. The summed E-state index contributed by atoms with van der Waals surface area (Å²) in [5.41, 5.74) is 7.87. The van der Waals surface area contributed by atoms with Gasteiger partial charge in [0, 0.05) is 26.9 Å². The van der Waals surface area contributed by atoms with Crippen LogP contribution in [-0.2, 0) is 0 Å². The van der Waals surface area contributed by atoms with Gasteiger partial charge in [-0.25, -0.2) is 0 Å². The maximum atomic E-state index is 11.2. The van der Waals surface area contributed by atoms with E-state index in [0.29, 0.717) is 11.5 Å². The van der Waals surface area contributed by atoms with E-state index in [2.05, 4.69) is 45.4 Å². The van der Waals surface area contributed by atoms with Gasteiger partial charge in [0.25, 0.3) is 0 Å². The van der Waals surface area contributed by atoms with Crippen LogP contribution in [0.3, 0.4) is 0 Å². The van der Waals surface area contributed by atoms with E-state index in [1.54, 1.807) is 25.1 Å². The predicted octanol–water partition coefficient (Wildman–Crippen LogP) is 1.53. The molecule has 0 radical (unpaired) electrons. The number of hydrogen-bond donors (Lipinski definition) is 1. The molecular weight excluding hydrogens is 561 g/mol. The summed E-state index contributed by atoms with van der Waals surface area (Å²) in [6, 6.07) is 15.3. The van der Waals surface area contributed by atoms with Crippen LogP contribution < -0.4 is 61.8 Å². The molecule has 0 bridgehead atoms. The minimum absolute atomic E-state index is 0. The molecule has 0 fully saturated rings. The molecule has 0 amide bonds. The zero-order valence-electron chi connectivity index (χ0n) is 17.9. The summed E-state index contributed by atoms with van der Waals surface area (Å²) in [6.45, 7) is 7.53. The Kier molecular flexibility index (Phi) is 25.1. The first-order valence-electron chi connectivity index (χ1n) is 8.98. The molecule has 31 heavy (non-hydrogen) atoms. The van der Waals surface area contributed by atoms with Crippen LogP contribution in [0.15, 0.2) is 82.3 Å². The molecule has 0 aromatic heterocycles. The Balaban J connectivity index is -0.000000387. The van der Waals surface area contributed by atoms with Crippen molar-refractivity contribution >= 4 is 45.4 Å². The van der Waals surface area contributed by atoms with Crippen LogP contribution in [0, 0.1) is 5.92 Å². The number of nitrogens with two attached hydrogens (primary N) is 1. The number of allylic oxidation sites excluding steroid dienone is 2. The molecule has 0 aliphatic carbocycles. The fourth-order valence-corrected chi connectivity index (χ4v) is 2.44. The topological polar surface area (TPSA) is 43.1 Å². The molecule has 0 spiro atoms. The standard InChI is InChI=1S/C11H14BrN.C7H5BrO.C4H7BF2.FH.K/c1-3-8(2)11(13)9-4-6-10(12)7-5-9;8-7-3-1-6(5-9)2-4-7;1-2-3-4-5(6)7;;/h3-8,11H,1,13H2,2H3;1-5H;2-3H,4H2,1H3;1H;/q;;;;+1/p-1/b;;3-2+;;/t8-,11-;;;;/m0..../s1. The molecule has 0 aliphatic rings. The van der Waals surface area contributed by atoms with Gasteiger partial charge in [0.1, 0.15) is 6.29 Å². The van der Waals surface area contributed by atoms with Crippen molar-refractivity contribution in [3.63, 3.8) is 0 Å². The molecule has 0 unspecified atom stereocenters. The van der Waals surface area contributed by atoms with Gasteiger partial charge in [-0.3, -0.25) is 13.4 Å². The number of aldehydes is 1. The molecule has 2 aromatic carbocycles. The van der Waals surface area contributed by atoms with E-state index in [4.69, 9.17) is 5.73 Å². The Morgan fingerprint density at radius 2 is 1.52 bits per heavy atom. The summed E-state index contributed by atoms with van der Waals surface area (Å²) in [6.07, 6.45) is 5.66. The number of carbonyl (C=O) groups excluding carboxylic acids is 1. The molecular formula is C22H26BBr2F3KNO. The summed E-state index contributed by atoms with van der Waals surface area (Å²) < 4.78 is 24.4. The van der Waals surface area contributed by atoms with Gasteiger partial charge >= 0.3 is 58.7 Å². The monoisotopic (exact) mass is 585 g/mol. The number of rotatable bonds is 6. The van der Waals surface area contributed by atoms with Gasteiger partial charge in [-0.05, 0) is 42.7 Å². The second kappa shape index (κ2) is 21.8. The van der Waals surface area contributed by atoms with Crippen molar-refractivity contribution in [1.82, 2.24) is 0 Å². The van der Waals surface area contributed by atoms with Crippen molar-refractivity contribution in [3.8, 4) is 0 Å². The van der Waals surface area contributed by atoms with E-state index in [-0.39, 0.29) is 68.5 Å². The van der Waals surface area contributed by atoms with Gasteiger partial charge in [-0.2, -0.15) is 0 Å². The van der Waals surface area contributed by atoms with Crippen molar-refractivity contribution in [2.24, 2.45) is 11.7 Å². The van der Waals surface area contributed by atoms with Gasteiger partial charge in [0.05, 0.1) is 0 Å². The molecule has 2 aromatic rings. The van der Waals surface area contributed by atoms with E-state index in [1.807, 2.05) is 42.5 Å². The van der Waals surface area contributed by atoms with E-state index >= 15 is 0 Å². The SMILES string of the molecule is C/C=C/CB(F)F.C=C[C@H](C)[C@H](N)c1ccc(Br)cc1.O=Cc1ccc(Br)cc1.[F-].[K+]. The predicted molar refractivity (Wildman–Crippen MR) is 128 cm³/mol. The summed E-state index contributed by atoms with van der Waals surface area (Å²) in [5.74, 6) is 0.307. The molecule has 2 rings (SSSR count). The Labute approximate surface area is 243 Å². The first-order chi connectivity index (χ1) is 13.7. The summed E-state index contributed by atoms with van der Waals surface area (Å²) in [4.78, 5) is 10.1. The minimum Gasteiger partial charge on any atom is -1.00 e. The van der Waals surface area contributed by atoms with Gasteiger partial charge in [-0.1, -0.05) is 81.3 Å². The molecule has 0 saturated heterocycles. The number of carbonyl (C=O) groups is 1. The van der Waals surface area contributed by atoms with Crippen LogP contribution >= 0.6 is 31.9 Å². The normalized spacial score (nSPS) is 11.2. The van der Waals surface area contributed by atoms with Crippen molar-refractivity contribution in [2.45, 2.75) is 26.2 Å². The van der Waals surface area contributed by atoms with Gasteiger partial charge in [0.15, 0.2) is 0 Å². The molecule has 0 saturated carbocycles. The molecule has 164 valence electrons. The smallest absolute Gasteiger partial charge is 1.00 e. The fraction of sp³-hybridized carbons (Fsp3) is 0.227. The van der Waals surface area contributed by atoms with Crippen LogP contribution in [0.5, 0.6) is 0 Å². The molecule has 2 nitrogen and oxygen atoms in total. The second-order valence-corrected chi connectivity index (χ2v) is 7.87. The zero-order valence-corrected chi connectivity index (χ0v) is 24.2. The van der Waals surface area contributed by atoms with Gasteiger partial charge < -0.3 is 10.4 Å². The van der Waals surface area contributed by atoms with Crippen LogP contribution in [0.1, 0.15) is 35.8 Å². The maximum Gasteiger partial charge on any atom is 1.00 e. The first kappa shape index (κ1) is 35.6. The quantitative estimate of drug-likeness (QED) is 0.317. The third kappa shape index (κ3) is 18.1. The largest absolute Gasteiger partial charge is 1.00 e. The van der Waals surface area contributed by atoms with Crippen molar-refractivity contribution in [2.75, 3.05) is 0 Å². The Hall–Kier alpha value is 0.00130. The Morgan fingerprint density at radius 3 is 1.84 bits per heavy atom. The Bertz CT molecular complexity index is 747. The van der Waals surface area contributed by atoms with E-state index < -0.39 is 7.27 Å². The third-order valence-electron chi connectivity index (χ3n) is 3.75. The second-order valence-electron chi connectivity index (χ2n) is 6.04. The van der Waals surface area contributed by atoms with E-state index in [9.17, 15) is 13.4 Å². The van der Waals surface area contributed by atoms with Gasteiger partial charge in [-0.15, -0.1) is 6.58 Å². The minimum atomic E-state index is -2.18. The maximum absolute atomic E-state index is 11.2. The van der Waals surface area contributed by atoms with Crippen LogP contribution in [-0.4, -0.2) is 13.6 Å². The Morgan fingerprint density at radius 1 is 1.06 bits per heavy atom. The third-order valence-corrected chi connectivity index (χ3v) is 4.81. The van der Waals surface area contributed by atoms with E-state index in [0.717, 1.165) is 20.8 Å². The van der Waals surface area contributed by atoms with Gasteiger partial charge in [0.2, 0.25) is 0 Å². The number of halogens is 5. The van der Waals surface area contributed by atoms with Crippen molar-refractivity contribution in [1.29, 1.82) is 0 Å². The molecule has 0 heterocycles. The summed E-state index contributed by atoms with van der Waals surface area (Å²) >= 11 is 6.65. The van der Waals surface area contributed by atoms with Crippen molar-refractivity contribution < 1.29 is 69.5 Å². The first-order valence-corrected chi connectivity index (χ1v) is 10.6. The van der Waals surface area contributed by atoms with Crippen LogP contribution in [0.25, 0.3) is 0 Å². The molecule has 0 aliphatic heterocycles. The number of hydrogen-bond acceptors (Lipinski definition) is 2. The summed E-state index contributed by atoms with van der Waals surface area (Å²) in [5, 5.41) is 0. The van der Waals surface area contributed by atoms with Crippen LogP contribution in [0.2, 0.25) is 6.32 Å². The molecule has 9 heteroatoms.